The Morgan fingerprint density at radius 1 is 1.26 bits per heavy atom. The van der Waals surface area contributed by atoms with Crippen LogP contribution < -0.4 is 15.4 Å². The summed E-state index contributed by atoms with van der Waals surface area (Å²) in [6.07, 6.45) is 0. The Kier molecular flexibility index (Phi) is 5.47. The molecule has 2 rings (SSSR count). The van der Waals surface area contributed by atoms with Crippen LogP contribution in [0.2, 0.25) is 0 Å². The lowest BCUT2D eigenvalue weighted by Crippen LogP contribution is -2.42. The highest BCUT2D eigenvalue weighted by Crippen LogP contribution is 2.30. The van der Waals surface area contributed by atoms with E-state index in [9.17, 15) is 5.11 Å². The van der Waals surface area contributed by atoms with E-state index in [0.717, 1.165) is 30.9 Å². The van der Waals surface area contributed by atoms with Crippen LogP contribution in [0.1, 0.15) is 32.4 Å². The lowest BCUT2D eigenvalue weighted by atomic mass is 10.0. The van der Waals surface area contributed by atoms with Gasteiger partial charge in [0.15, 0.2) is 0 Å². The molecular weight excluding hydrogens is 264 g/mol. The van der Waals surface area contributed by atoms with E-state index in [0.29, 0.717) is 5.75 Å². The van der Waals surface area contributed by atoms with Crippen molar-refractivity contribution >= 4 is 12.4 Å². The number of benzene rings is 1. The van der Waals surface area contributed by atoms with Gasteiger partial charge in [-0.15, -0.1) is 12.4 Å². The maximum Gasteiger partial charge on any atom is 0.120 e. The van der Waals surface area contributed by atoms with E-state index in [1.807, 2.05) is 26.8 Å². The van der Waals surface area contributed by atoms with Crippen molar-refractivity contribution in [2.75, 3.05) is 19.6 Å². The summed E-state index contributed by atoms with van der Waals surface area (Å²) in [5.41, 5.74) is 0.663. The van der Waals surface area contributed by atoms with Crippen LogP contribution in [-0.2, 0) is 0 Å². The molecular formula is C14H23ClN2O2. The Morgan fingerprint density at radius 2 is 2.00 bits per heavy atom. The van der Waals surface area contributed by atoms with Crippen molar-refractivity contribution in [3.8, 4) is 11.5 Å². The van der Waals surface area contributed by atoms with Gasteiger partial charge in [0.05, 0.1) is 0 Å². The molecule has 1 heterocycles. The number of phenols is 1. The van der Waals surface area contributed by atoms with Crippen molar-refractivity contribution in [3.63, 3.8) is 0 Å². The van der Waals surface area contributed by atoms with Crippen molar-refractivity contribution in [1.82, 2.24) is 10.6 Å². The van der Waals surface area contributed by atoms with Gasteiger partial charge in [0.2, 0.25) is 0 Å². The Labute approximate surface area is 121 Å². The molecule has 3 N–H and O–H groups in total. The van der Waals surface area contributed by atoms with Crippen LogP contribution in [0.4, 0.5) is 0 Å². The van der Waals surface area contributed by atoms with Crippen LogP contribution in [0.3, 0.4) is 0 Å². The first-order valence-corrected chi connectivity index (χ1v) is 6.42. The zero-order valence-corrected chi connectivity index (χ0v) is 12.5. The van der Waals surface area contributed by atoms with Gasteiger partial charge in [-0.05, 0) is 39.0 Å². The number of nitrogens with one attached hydrogen (secondary N) is 2. The number of halogens is 1. The van der Waals surface area contributed by atoms with Gasteiger partial charge in [0.1, 0.15) is 17.1 Å². The van der Waals surface area contributed by atoms with Gasteiger partial charge in [-0.3, -0.25) is 0 Å². The lowest BCUT2D eigenvalue weighted by molar-refractivity contribution is 0.130. The van der Waals surface area contributed by atoms with Gasteiger partial charge in [0, 0.05) is 31.2 Å². The third-order valence-electron chi connectivity index (χ3n) is 2.84. The Morgan fingerprint density at radius 3 is 2.58 bits per heavy atom. The van der Waals surface area contributed by atoms with Crippen LogP contribution in [0.25, 0.3) is 0 Å². The standard InChI is InChI=1S/C14H22N2O2.ClH/c1-14(2,3)18-10-4-5-13(17)11(8-10)12-9-15-6-7-16-12;/h4-5,8,12,15-17H,6-7,9H2,1-3H3;1H/t12-;/m1./s1. The van der Waals surface area contributed by atoms with Crippen LogP contribution in [0.5, 0.6) is 11.5 Å². The van der Waals surface area contributed by atoms with E-state index in [4.69, 9.17) is 4.74 Å². The smallest absolute Gasteiger partial charge is 0.120 e. The Balaban J connectivity index is 0.00000180. The number of phenolic OH excluding ortho intramolecular Hbond substituents is 1. The summed E-state index contributed by atoms with van der Waals surface area (Å²) in [6.45, 7) is 8.75. The van der Waals surface area contributed by atoms with Crippen LogP contribution in [-0.4, -0.2) is 30.3 Å². The average Bonchev–Trinajstić information content (AvgIpc) is 2.31. The largest absolute Gasteiger partial charge is 0.508 e. The van der Waals surface area contributed by atoms with Crippen LogP contribution in [0, 0.1) is 0 Å². The van der Waals surface area contributed by atoms with E-state index in [1.165, 1.54) is 0 Å². The van der Waals surface area contributed by atoms with Gasteiger partial charge in [-0.1, -0.05) is 0 Å². The number of piperazine rings is 1. The number of hydrogen-bond donors (Lipinski definition) is 3. The predicted molar refractivity (Wildman–Crippen MR) is 79.3 cm³/mol. The molecule has 0 unspecified atom stereocenters. The molecule has 1 atom stereocenters. The van der Waals surface area contributed by atoms with Crippen molar-refractivity contribution in [3.05, 3.63) is 23.8 Å². The molecule has 0 amide bonds. The molecule has 0 bridgehead atoms. The highest BCUT2D eigenvalue weighted by molar-refractivity contribution is 5.85. The molecule has 0 saturated carbocycles. The molecule has 5 heteroatoms. The number of aromatic hydroxyl groups is 1. The third kappa shape index (κ3) is 4.56. The predicted octanol–water partition coefficient (Wildman–Crippen LogP) is 2.23. The molecule has 19 heavy (non-hydrogen) atoms. The molecule has 1 aromatic carbocycles. The van der Waals surface area contributed by atoms with Crippen molar-refractivity contribution in [1.29, 1.82) is 0 Å². The quantitative estimate of drug-likeness (QED) is 0.780. The summed E-state index contributed by atoms with van der Waals surface area (Å²) in [7, 11) is 0. The summed E-state index contributed by atoms with van der Waals surface area (Å²) in [5.74, 6) is 1.11. The van der Waals surface area contributed by atoms with Crippen molar-refractivity contribution < 1.29 is 9.84 Å². The first-order chi connectivity index (χ1) is 8.46. The fourth-order valence-corrected chi connectivity index (χ4v) is 2.10. The van der Waals surface area contributed by atoms with Crippen LogP contribution in [0.15, 0.2) is 18.2 Å². The SMILES string of the molecule is CC(C)(C)Oc1ccc(O)c([C@H]2CNCCN2)c1.Cl. The molecule has 1 aromatic rings. The minimum absolute atomic E-state index is 0. The van der Waals surface area contributed by atoms with Gasteiger partial charge < -0.3 is 20.5 Å². The molecule has 1 aliphatic heterocycles. The van der Waals surface area contributed by atoms with E-state index < -0.39 is 0 Å². The van der Waals surface area contributed by atoms with Gasteiger partial charge in [-0.25, -0.2) is 0 Å². The van der Waals surface area contributed by atoms with Gasteiger partial charge in [-0.2, -0.15) is 0 Å². The maximum absolute atomic E-state index is 9.96. The highest BCUT2D eigenvalue weighted by Gasteiger charge is 2.19. The van der Waals surface area contributed by atoms with E-state index >= 15 is 0 Å². The van der Waals surface area contributed by atoms with Gasteiger partial charge >= 0.3 is 0 Å². The molecule has 1 saturated heterocycles. The molecule has 0 radical (unpaired) electrons. The normalized spacial score (nSPS) is 19.6. The zero-order valence-electron chi connectivity index (χ0n) is 11.7. The highest BCUT2D eigenvalue weighted by atomic mass is 35.5. The number of hydrogen-bond acceptors (Lipinski definition) is 4. The minimum Gasteiger partial charge on any atom is -0.508 e. The molecule has 0 aromatic heterocycles. The topological polar surface area (TPSA) is 53.5 Å². The monoisotopic (exact) mass is 286 g/mol. The summed E-state index contributed by atoms with van der Waals surface area (Å²) < 4.78 is 5.83. The number of ether oxygens (including phenoxy) is 1. The first-order valence-electron chi connectivity index (χ1n) is 6.42. The zero-order chi connectivity index (χ0) is 13.2. The molecule has 0 spiro atoms. The average molecular weight is 287 g/mol. The molecule has 1 fully saturated rings. The van der Waals surface area contributed by atoms with Crippen molar-refractivity contribution in [2.45, 2.75) is 32.4 Å². The molecule has 1 aliphatic rings. The van der Waals surface area contributed by atoms with Crippen molar-refractivity contribution in [2.24, 2.45) is 0 Å². The lowest BCUT2D eigenvalue weighted by Gasteiger charge is -2.27. The second-order valence-electron chi connectivity index (χ2n) is 5.65. The maximum atomic E-state index is 9.96. The van der Waals surface area contributed by atoms with Gasteiger partial charge in [0.25, 0.3) is 0 Å². The molecule has 108 valence electrons. The number of rotatable bonds is 2. The summed E-state index contributed by atoms with van der Waals surface area (Å²) >= 11 is 0. The minimum atomic E-state index is -0.230. The summed E-state index contributed by atoms with van der Waals surface area (Å²) in [5, 5.41) is 16.7. The fourth-order valence-electron chi connectivity index (χ4n) is 2.10. The summed E-state index contributed by atoms with van der Waals surface area (Å²) in [6, 6.07) is 5.57. The Hall–Kier alpha value is -0.970. The second kappa shape index (κ2) is 6.46. The van der Waals surface area contributed by atoms with E-state index in [-0.39, 0.29) is 24.0 Å². The molecule has 0 aliphatic carbocycles. The fraction of sp³-hybridized carbons (Fsp3) is 0.571. The van der Waals surface area contributed by atoms with Crippen LogP contribution >= 0.6 is 12.4 Å². The second-order valence-corrected chi connectivity index (χ2v) is 5.65. The first kappa shape index (κ1) is 16.1. The van der Waals surface area contributed by atoms with E-state index in [1.54, 1.807) is 12.1 Å². The molecule has 4 nitrogen and oxygen atoms in total. The summed E-state index contributed by atoms with van der Waals surface area (Å²) in [4.78, 5) is 0. The Bertz CT molecular complexity index is 412. The third-order valence-corrected chi connectivity index (χ3v) is 2.84. The van der Waals surface area contributed by atoms with E-state index in [2.05, 4.69) is 10.6 Å².